The fraction of sp³-hybridized carbons (Fsp3) is 0.400. The number of benzene rings is 1. The van der Waals surface area contributed by atoms with E-state index in [4.69, 9.17) is 10.6 Å². The number of pyridine rings is 1. The third-order valence-corrected chi connectivity index (χ3v) is 3.09. The number of nitrogens with zero attached hydrogens (tertiary/aromatic N) is 1. The van der Waals surface area contributed by atoms with Gasteiger partial charge in [-0.15, -0.1) is 0 Å². The quantitative estimate of drug-likeness (QED) is 0.455. The van der Waals surface area contributed by atoms with Crippen LogP contribution in [0.25, 0.3) is 10.9 Å². The molecule has 3 N–H and O–H groups in total. The second kappa shape index (κ2) is 7.07. The Bertz CT molecular complexity index is 528. The maximum Gasteiger partial charge on any atom is 0.146 e. The standard InChI is InChI=1S/C15H21N3O/c1-2-3-6-9-19-11-13-10-12-7-4-5-8-14(12)17-15(13)18-16/h4-5,7-8,10H,2-3,6,9,11,16H2,1H3,(H,17,18). The lowest BCUT2D eigenvalue weighted by Crippen LogP contribution is -2.12. The lowest BCUT2D eigenvalue weighted by molar-refractivity contribution is 0.117. The van der Waals surface area contributed by atoms with Crippen LogP contribution in [0.4, 0.5) is 5.82 Å². The van der Waals surface area contributed by atoms with Gasteiger partial charge in [-0.1, -0.05) is 38.0 Å². The second-order valence-electron chi connectivity index (χ2n) is 4.59. The third-order valence-electron chi connectivity index (χ3n) is 3.09. The second-order valence-corrected chi connectivity index (χ2v) is 4.59. The third kappa shape index (κ3) is 3.66. The molecule has 0 unspecified atom stereocenters. The molecule has 0 bridgehead atoms. The van der Waals surface area contributed by atoms with Gasteiger partial charge in [0.05, 0.1) is 12.1 Å². The first kappa shape index (κ1) is 13.8. The summed E-state index contributed by atoms with van der Waals surface area (Å²) >= 11 is 0. The number of nitrogens with two attached hydrogens (primary N) is 1. The van der Waals surface area contributed by atoms with Gasteiger partial charge in [-0.25, -0.2) is 10.8 Å². The van der Waals surface area contributed by atoms with Crippen LogP contribution in [0.1, 0.15) is 31.7 Å². The summed E-state index contributed by atoms with van der Waals surface area (Å²) in [4.78, 5) is 4.49. The van der Waals surface area contributed by atoms with Crippen LogP contribution in [0.15, 0.2) is 30.3 Å². The highest BCUT2D eigenvalue weighted by atomic mass is 16.5. The number of hydrogen-bond acceptors (Lipinski definition) is 4. The highest BCUT2D eigenvalue weighted by Gasteiger charge is 2.05. The Morgan fingerprint density at radius 3 is 2.89 bits per heavy atom. The van der Waals surface area contributed by atoms with Crippen molar-refractivity contribution >= 4 is 16.7 Å². The number of ether oxygens (including phenoxy) is 1. The highest BCUT2D eigenvalue weighted by molar-refractivity contribution is 5.81. The van der Waals surface area contributed by atoms with Crippen LogP contribution >= 0.6 is 0 Å². The van der Waals surface area contributed by atoms with E-state index >= 15 is 0 Å². The molecule has 19 heavy (non-hydrogen) atoms. The summed E-state index contributed by atoms with van der Waals surface area (Å²) in [6.07, 6.45) is 3.51. The number of fused-ring (bicyclic) bond motifs is 1. The normalized spacial score (nSPS) is 10.8. The number of aromatic nitrogens is 1. The highest BCUT2D eigenvalue weighted by Crippen LogP contribution is 2.20. The number of anilines is 1. The van der Waals surface area contributed by atoms with Crippen molar-refractivity contribution in [3.8, 4) is 0 Å². The fourth-order valence-corrected chi connectivity index (χ4v) is 2.03. The molecule has 1 aromatic carbocycles. The van der Waals surface area contributed by atoms with E-state index in [1.54, 1.807) is 0 Å². The molecule has 0 radical (unpaired) electrons. The molecule has 0 amide bonds. The number of hydrogen-bond donors (Lipinski definition) is 2. The SMILES string of the molecule is CCCCCOCc1cc2ccccc2nc1NN. The molecule has 0 aliphatic heterocycles. The lowest BCUT2D eigenvalue weighted by Gasteiger charge is -2.10. The van der Waals surface area contributed by atoms with Gasteiger partial charge in [-0.2, -0.15) is 0 Å². The van der Waals surface area contributed by atoms with Gasteiger partial charge in [-0.05, 0) is 18.6 Å². The van der Waals surface area contributed by atoms with Gasteiger partial charge in [0.15, 0.2) is 0 Å². The molecule has 2 rings (SSSR count). The zero-order valence-electron chi connectivity index (χ0n) is 11.4. The average molecular weight is 259 g/mol. The predicted octanol–water partition coefficient (Wildman–Crippen LogP) is 3.23. The lowest BCUT2D eigenvalue weighted by atomic mass is 10.1. The van der Waals surface area contributed by atoms with Gasteiger partial charge in [-0.3, -0.25) is 0 Å². The largest absolute Gasteiger partial charge is 0.377 e. The number of hydrazine groups is 1. The van der Waals surface area contributed by atoms with E-state index in [0.29, 0.717) is 12.4 Å². The molecule has 4 nitrogen and oxygen atoms in total. The Morgan fingerprint density at radius 2 is 2.11 bits per heavy atom. The van der Waals surface area contributed by atoms with E-state index in [1.807, 2.05) is 24.3 Å². The first-order valence-corrected chi connectivity index (χ1v) is 6.78. The molecule has 0 saturated heterocycles. The van der Waals surface area contributed by atoms with E-state index in [2.05, 4.69) is 23.4 Å². The summed E-state index contributed by atoms with van der Waals surface area (Å²) < 4.78 is 5.68. The van der Waals surface area contributed by atoms with Crippen molar-refractivity contribution in [1.29, 1.82) is 0 Å². The number of para-hydroxylation sites is 1. The molecular formula is C15H21N3O. The topological polar surface area (TPSA) is 60.2 Å². The smallest absolute Gasteiger partial charge is 0.146 e. The van der Waals surface area contributed by atoms with Gasteiger partial charge in [0.25, 0.3) is 0 Å². The fourth-order valence-electron chi connectivity index (χ4n) is 2.03. The summed E-state index contributed by atoms with van der Waals surface area (Å²) in [7, 11) is 0. The van der Waals surface area contributed by atoms with Gasteiger partial charge in [0.1, 0.15) is 5.82 Å². The number of nitrogens with one attached hydrogen (secondary N) is 1. The number of unbranched alkanes of at least 4 members (excludes halogenated alkanes) is 2. The van der Waals surface area contributed by atoms with Crippen molar-refractivity contribution in [3.05, 3.63) is 35.9 Å². The molecular weight excluding hydrogens is 238 g/mol. The first-order chi connectivity index (χ1) is 9.35. The molecule has 0 spiro atoms. The predicted molar refractivity (Wildman–Crippen MR) is 78.7 cm³/mol. The summed E-state index contributed by atoms with van der Waals surface area (Å²) in [6, 6.07) is 10.1. The van der Waals surface area contributed by atoms with Crippen LogP contribution in [0.5, 0.6) is 0 Å². The van der Waals surface area contributed by atoms with Crippen LogP contribution in [-0.2, 0) is 11.3 Å². The summed E-state index contributed by atoms with van der Waals surface area (Å²) in [5.74, 6) is 6.21. The Hall–Kier alpha value is -1.65. The van der Waals surface area contributed by atoms with E-state index in [9.17, 15) is 0 Å². The Morgan fingerprint density at radius 1 is 1.26 bits per heavy atom. The Kier molecular flexibility index (Phi) is 5.12. The van der Waals surface area contributed by atoms with Gasteiger partial charge in [0, 0.05) is 17.6 Å². The molecule has 0 aliphatic rings. The minimum absolute atomic E-state index is 0.543. The summed E-state index contributed by atoms with van der Waals surface area (Å²) in [5.41, 5.74) is 4.58. The maximum atomic E-state index is 5.68. The summed E-state index contributed by atoms with van der Waals surface area (Å²) in [5, 5.41) is 1.11. The van der Waals surface area contributed by atoms with Crippen molar-refractivity contribution in [3.63, 3.8) is 0 Å². The molecule has 0 atom stereocenters. The van der Waals surface area contributed by atoms with Crippen molar-refractivity contribution in [2.45, 2.75) is 32.8 Å². The van der Waals surface area contributed by atoms with Gasteiger partial charge in [0.2, 0.25) is 0 Å². The molecule has 4 heteroatoms. The number of nitrogen functional groups attached to an aromatic ring is 1. The Balaban J connectivity index is 2.08. The van der Waals surface area contributed by atoms with Crippen LogP contribution < -0.4 is 11.3 Å². The zero-order chi connectivity index (χ0) is 13.5. The summed E-state index contributed by atoms with van der Waals surface area (Å²) in [6.45, 7) is 3.51. The van der Waals surface area contributed by atoms with Gasteiger partial charge >= 0.3 is 0 Å². The van der Waals surface area contributed by atoms with Crippen LogP contribution in [-0.4, -0.2) is 11.6 Å². The van der Waals surface area contributed by atoms with Crippen molar-refractivity contribution < 1.29 is 4.74 Å². The molecule has 1 heterocycles. The minimum atomic E-state index is 0.543. The minimum Gasteiger partial charge on any atom is -0.377 e. The molecule has 0 aliphatic carbocycles. The van der Waals surface area contributed by atoms with Crippen LogP contribution in [0.2, 0.25) is 0 Å². The van der Waals surface area contributed by atoms with Crippen molar-refractivity contribution in [2.75, 3.05) is 12.0 Å². The average Bonchev–Trinajstić information content (AvgIpc) is 2.46. The van der Waals surface area contributed by atoms with E-state index in [0.717, 1.165) is 29.5 Å². The van der Waals surface area contributed by atoms with Crippen molar-refractivity contribution in [2.24, 2.45) is 5.84 Å². The van der Waals surface area contributed by atoms with E-state index < -0.39 is 0 Å². The molecule has 1 aromatic heterocycles. The van der Waals surface area contributed by atoms with Crippen molar-refractivity contribution in [1.82, 2.24) is 4.98 Å². The molecule has 0 fully saturated rings. The van der Waals surface area contributed by atoms with Gasteiger partial charge < -0.3 is 10.2 Å². The maximum absolute atomic E-state index is 5.68. The Labute approximate surface area is 113 Å². The number of rotatable bonds is 7. The van der Waals surface area contributed by atoms with Crippen LogP contribution in [0, 0.1) is 0 Å². The molecule has 0 saturated carbocycles. The molecule has 102 valence electrons. The van der Waals surface area contributed by atoms with E-state index in [-0.39, 0.29) is 0 Å². The van der Waals surface area contributed by atoms with E-state index in [1.165, 1.54) is 12.8 Å². The first-order valence-electron chi connectivity index (χ1n) is 6.78. The molecule has 2 aromatic rings. The zero-order valence-corrected chi connectivity index (χ0v) is 11.4. The monoisotopic (exact) mass is 259 g/mol. The van der Waals surface area contributed by atoms with Crippen LogP contribution in [0.3, 0.4) is 0 Å².